The monoisotopic (exact) mass is 496 g/mol. The van der Waals surface area contributed by atoms with Crippen molar-refractivity contribution < 1.29 is 36.1 Å². The maximum Gasteiger partial charge on any atom is 0.500 e. The summed E-state index contributed by atoms with van der Waals surface area (Å²) < 4.78 is 32.2. The Morgan fingerprint density at radius 2 is 0.906 bits per heavy atom. The number of carbonyl (C=O) groups is 2. The summed E-state index contributed by atoms with van der Waals surface area (Å²) in [6, 6.07) is 0.968. The highest BCUT2D eigenvalue weighted by Gasteiger charge is 2.37. The standard InChI is InChI=1S/C18H40N4O8Si2/c1-25-31(26-2,27-3)15-7-9-19-17(23)21-11-13-22(14-12-21)18(24)20-10-8-16-32(28-4,29-5)30-6/h7-16H2,1-6H3,(H,19,23)(H,20,24). The van der Waals surface area contributed by atoms with Crippen molar-refractivity contribution in [2.45, 2.75) is 24.9 Å². The fourth-order valence-corrected chi connectivity index (χ4v) is 6.89. The van der Waals surface area contributed by atoms with E-state index in [0.29, 0.717) is 64.2 Å². The number of hydrogen-bond acceptors (Lipinski definition) is 8. The van der Waals surface area contributed by atoms with Gasteiger partial charge in [-0.1, -0.05) is 0 Å². The molecule has 1 heterocycles. The summed E-state index contributed by atoms with van der Waals surface area (Å²) in [4.78, 5) is 28.2. The molecule has 0 spiro atoms. The third-order valence-electron chi connectivity index (χ3n) is 5.59. The van der Waals surface area contributed by atoms with E-state index in [1.807, 2.05) is 0 Å². The molecular weight excluding hydrogens is 456 g/mol. The van der Waals surface area contributed by atoms with Crippen LogP contribution in [0.25, 0.3) is 0 Å². The summed E-state index contributed by atoms with van der Waals surface area (Å²) in [5.74, 6) is 0. The maximum atomic E-state index is 12.4. The fraction of sp³-hybridized carbons (Fsp3) is 0.889. The van der Waals surface area contributed by atoms with E-state index in [9.17, 15) is 9.59 Å². The molecule has 2 N–H and O–H groups in total. The normalized spacial score (nSPS) is 15.1. The fourth-order valence-electron chi connectivity index (χ4n) is 3.45. The van der Waals surface area contributed by atoms with Crippen LogP contribution in [0.5, 0.6) is 0 Å². The maximum absolute atomic E-state index is 12.4. The SMILES string of the molecule is CO[Si](CCCNC(=O)N1CCN(C(=O)NCCC[Si](OC)(OC)OC)CC1)(OC)OC. The van der Waals surface area contributed by atoms with Gasteiger partial charge in [0, 0.05) is 94.0 Å². The quantitative estimate of drug-likeness (QED) is 0.264. The van der Waals surface area contributed by atoms with E-state index in [4.69, 9.17) is 26.6 Å². The van der Waals surface area contributed by atoms with E-state index in [2.05, 4.69) is 10.6 Å². The molecule has 1 fully saturated rings. The summed E-state index contributed by atoms with van der Waals surface area (Å²) in [5, 5.41) is 5.81. The molecule has 14 heteroatoms. The van der Waals surface area contributed by atoms with E-state index in [1.165, 1.54) is 0 Å². The molecule has 1 aliphatic heterocycles. The van der Waals surface area contributed by atoms with Gasteiger partial charge in [0.25, 0.3) is 0 Å². The zero-order chi connectivity index (χ0) is 24.0. The predicted octanol–water partition coefficient (Wildman–Crippen LogP) is 0.560. The van der Waals surface area contributed by atoms with E-state index >= 15 is 0 Å². The third-order valence-corrected chi connectivity index (χ3v) is 11.3. The van der Waals surface area contributed by atoms with Gasteiger partial charge >= 0.3 is 29.7 Å². The minimum absolute atomic E-state index is 0.135. The summed E-state index contributed by atoms with van der Waals surface area (Å²) in [6.45, 7) is 2.94. The lowest BCUT2D eigenvalue weighted by molar-refractivity contribution is 0.122. The van der Waals surface area contributed by atoms with Gasteiger partial charge in [-0.15, -0.1) is 0 Å². The van der Waals surface area contributed by atoms with Crippen LogP contribution >= 0.6 is 0 Å². The van der Waals surface area contributed by atoms with Gasteiger partial charge in [-0.2, -0.15) is 0 Å². The molecule has 0 bridgehead atoms. The lowest BCUT2D eigenvalue weighted by atomic mass is 10.3. The highest BCUT2D eigenvalue weighted by Crippen LogP contribution is 2.15. The van der Waals surface area contributed by atoms with Crippen molar-refractivity contribution in [1.82, 2.24) is 20.4 Å². The molecule has 0 aromatic heterocycles. The van der Waals surface area contributed by atoms with Gasteiger partial charge in [0.1, 0.15) is 0 Å². The molecule has 0 radical (unpaired) electrons. The molecule has 1 rings (SSSR count). The van der Waals surface area contributed by atoms with E-state index in [0.717, 1.165) is 0 Å². The Morgan fingerprint density at radius 1 is 0.625 bits per heavy atom. The Hall–Kier alpha value is -1.27. The Labute approximate surface area is 193 Å². The van der Waals surface area contributed by atoms with Crippen LogP contribution in [-0.2, 0) is 26.6 Å². The highest BCUT2D eigenvalue weighted by molar-refractivity contribution is 6.60. The second-order valence-corrected chi connectivity index (χ2v) is 13.4. The molecule has 188 valence electrons. The topological polar surface area (TPSA) is 120 Å². The molecule has 32 heavy (non-hydrogen) atoms. The summed E-state index contributed by atoms with van der Waals surface area (Å²) in [7, 11) is 4.19. The van der Waals surface area contributed by atoms with Gasteiger partial charge < -0.3 is 47.0 Å². The number of amides is 4. The number of nitrogens with one attached hydrogen (secondary N) is 2. The van der Waals surface area contributed by atoms with Crippen molar-refractivity contribution >= 4 is 29.7 Å². The second-order valence-electron chi connectivity index (χ2n) is 7.24. The van der Waals surface area contributed by atoms with Crippen molar-refractivity contribution in [3.63, 3.8) is 0 Å². The molecule has 0 atom stereocenters. The van der Waals surface area contributed by atoms with E-state index in [-0.39, 0.29) is 12.1 Å². The van der Waals surface area contributed by atoms with Gasteiger partial charge in [0.2, 0.25) is 0 Å². The van der Waals surface area contributed by atoms with Crippen molar-refractivity contribution in [3.05, 3.63) is 0 Å². The van der Waals surface area contributed by atoms with Gasteiger partial charge in [-0.3, -0.25) is 0 Å². The molecule has 0 aromatic rings. The molecule has 1 aliphatic rings. The van der Waals surface area contributed by atoms with Crippen molar-refractivity contribution in [3.8, 4) is 0 Å². The molecule has 0 aromatic carbocycles. The first-order valence-corrected chi connectivity index (χ1v) is 14.6. The molecular formula is C18H40N4O8Si2. The van der Waals surface area contributed by atoms with E-state index < -0.39 is 17.6 Å². The van der Waals surface area contributed by atoms with Gasteiger partial charge in [-0.25, -0.2) is 9.59 Å². The molecule has 0 aliphatic carbocycles. The van der Waals surface area contributed by atoms with Crippen LogP contribution in [0.2, 0.25) is 12.1 Å². The lowest BCUT2D eigenvalue weighted by Crippen LogP contribution is -2.55. The van der Waals surface area contributed by atoms with Crippen LogP contribution in [0.1, 0.15) is 12.8 Å². The van der Waals surface area contributed by atoms with Crippen LogP contribution in [0, 0.1) is 0 Å². The van der Waals surface area contributed by atoms with E-state index in [1.54, 1.807) is 52.5 Å². The summed E-state index contributed by atoms with van der Waals surface area (Å²) >= 11 is 0. The first-order chi connectivity index (χ1) is 15.3. The zero-order valence-corrected chi connectivity index (χ0v) is 22.2. The second kappa shape index (κ2) is 14.8. The molecule has 4 amide bonds. The largest absolute Gasteiger partial charge is 0.500 e. The van der Waals surface area contributed by atoms with Crippen LogP contribution in [0.15, 0.2) is 0 Å². The number of nitrogens with zero attached hydrogens (tertiary/aromatic N) is 2. The minimum atomic E-state index is -2.62. The van der Waals surface area contributed by atoms with Crippen molar-refractivity contribution in [2.24, 2.45) is 0 Å². The smallest absolute Gasteiger partial charge is 0.377 e. The number of rotatable bonds is 14. The van der Waals surface area contributed by atoms with Crippen molar-refractivity contribution in [2.75, 3.05) is 81.9 Å². The third kappa shape index (κ3) is 8.59. The molecule has 0 unspecified atom stereocenters. The Morgan fingerprint density at radius 3 is 1.16 bits per heavy atom. The first-order valence-electron chi connectivity index (χ1n) is 10.7. The summed E-state index contributed by atoms with van der Waals surface area (Å²) in [5.41, 5.74) is 0. The van der Waals surface area contributed by atoms with Gasteiger partial charge in [0.15, 0.2) is 0 Å². The van der Waals surface area contributed by atoms with Crippen LogP contribution in [0.3, 0.4) is 0 Å². The first kappa shape index (κ1) is 28.8. The number of piperazine rings is 1. The number of carbonyl (C=O) groups excluding carboxylic acids is 2. The lowest BCUT2D eigenvalue weighted by Gasteiger charge is -2.34. The van der Waals surface area contributed by atoms with Crippen molar-refractivity contribution in [1.29, 1.82) is 0 Å². The Bertz CT molecular complexity index is 495. The van der Waals surface area contributed by atoms with Crippen LogP contribution in [-0.4, -0.2) is 121 Å². The average molecular weight is 497 g/mol. The minimum Gasteiger partial charge on any atom is -0.377 e. The Balaban J connectivity index is 2.26. The molecule has 1 saturated heterocycles. The number of hydrogen-bond donors (Lipinski definition) is 2. The zero-order valence-electron chi connectivity index (χ0n) is 20.2. The highest BCUT2D eigenvalue weighted by atomic mass is 28.4. The van der Waals surface area contributed by atoms with Gasteiger partial charge in [-0.05, 0) is 12.8 Å². The predicted molar refractivity (Wildman–Crippen MR) is 122 cm³/mol. The number of urea groups is 2. The van der Waals surface area contributed by atoms with Gasteiger partial charge in [0.05, 0.1) is 0 Å². The molecule has 12 nitrogen and oxygen atoms in total. The molecule has 0 saturated carbocycles. The Kier molecular flexibility index (Phi) is 13.3. The average Bonchev–Trinajstić information content (AvgIpc) is 2.85. The van der Waals surface area contributed by atoms with Crippen LogP contribution < -0.4 is 10.6 Å². The van der Waals surface area contributed by atoms with Crippen LogP contribution in [0.4, 0.5) is 9.59 Å². The summed E-state index contributed by atoms with van der Waals surface area (Å²) in [6.07, 6.45) is 1.38.